The molecule has 1 aliphatic rings. The van der Waals surface area contributed by atoms with Gasteiger partial charge in [0.1, 0.15) is 11.3 Å². The average Bonchev–Trinajstić information content (AvgIpc) is 3.18. The van der Waals surface area contributed by atoms with Crippen LogP contribution in [-0.4, -0.2) is 11.5 Å². The number of nitrogens with zero attached hydrogens (tertiary/aromatic N) is 1. The minimum atomic E-state index is -0.225. The number of anilines is 1. The van der Waals surface area contributed by atoms with Crippen molar-refractivity contribution in [3.05, 3.63) is 35.3 Å². The first kappa shape index (κ1) is 11.5. The number of halogens is 1. The number of hydrogen-bond donors (Lipinski definition) is 1. The Labute approximate surface area is 106 Å². The Bertz CT molecular complexity index is 603. The van der Waals surface area contributed by atoms with E-state index in [1.54, 1.807) is 0 Å². The van der Waals surface area contributed by atoms with Crippen LogP contribution in [0, 0.1) is 12.7 Å². The Kier molecular flexibility index (Phi) is 2.69. The third kappa shape index (κ3) is 1.84. The van der Waals surface area contributed by atoms with E-state index in [0.717, 1.165) is 28.9 Å². The maximum atomic E-state index is 14.0. The summed E-state index contributed by atoms with van der Waals surface area (Å²) in [5.41, 5.74) is 3.62. The van der Waals surface area contributed by atoms with Gasteiger partial charge in [0.25, 0.3) is 0 Å². The number of fused-ring (bicyclic) bond motifs is 1. The lowest BCUT2D eigenvalue weighted by molar-refractivity contribution is 0.636. The van der Waals surface area contributed by atoms with Crippen molar-refractivity contribution < 1.29 is 4.39 Å². The van der Waals surface area contributed by atoms with Gasteiger partial charge in [0.15, 0.2) is 0 Å². The molecule has 1 aromatic heterocycles. The van der Waals surface area contributed by atoms with Crippen LogP contribution in [0.2, 0.25) is 0 Å². The van der Waals surface area contributed by atoms with Gasteiger partial charge in [-0.05, 0) is 44.4 Å². The summed E-state index contributed by atoms with van der Waals surface area (Å²) in [4.78, 5) is 4.53. The molecule has 3 heteroatoms. The molecule has 1 aromatic carbocycles. The number of rotatable bonds is 3. The third-order valence-corrected chi connectivity index (χ3v) is 3.50. The summed E-state index contributed by atoms with van der Waals surface area (Å²) in [7, 11) is 0. The van der Waals surface area contributed by atoms with Gasteiger partial charge in [-0.2, -0.15) is 0 Å². The van der Waals surface area contributed by atoms with Gasteiger partial charge in [-0.3, -0.25) is 0 Å². The number of aryl methyl sites for hydroxylation is 1. The van der Waals surface area contributed by atoms with E-state index in [4.69, 9.17) is 0 Å². The molecule has 1 aliphatic carbocycles. The molecule has 1 saturated carbocycles. The molecule has 0 bridgehead atoms. The van der Waals surface area contributed by atoms with Gasteiger partial charge in [0.2, 0.25) is 0 Å². The monoisotopic (exact) mass is 244 g/mol. The topological polar surface area (TPSA) is 24.9 Å². The maximum Gasteiger partial charge on any atom is 0.149 e. The summed E-state index contributed by atoms with van der Waals surface area (Å²) in [6.07, 6.45) is 2.36. The van der Waals surface area contributed by atoms with E-state index in [-0.39, 0.29) is 5.82 Å². The number of benzene rings is 1. The van der Waals surface area contributed by atoms with Crippen LogP contribution < -0.4 is 5.32 Å². The first-order chi connectivity index (χ1) is 8.70. The molecule has 0 unspecified atom stereocenters. The maximum absolute atomic E-state index is 14.0. The predicted molar refractivity (Wildman–Crippen MR) is 72.6 cm³/mol. The lowest BCUT2D eigenvalue weighted by Gasteiger charge is -2.13. The minimum absolute atomic E-state index is 0.225. The summed E-state index contributed by atoms with van der Waals surface area (Å²) in [6.45, 7) is 4.89. The molecular weight excluding hydrogens is 227 g/mol. The van der Waals surface area contributed by atoms with Gasteiger partial charge < -0.3 is 5.32 Å². The fourth-order valence-corrected chi connectivity index (χ4v) is 2.42. The highest BCUT2D eigenvalue weighted by Crippen LogP contribution is 2.41. The normalized spacial score (nSPS) is 15.1. The van der Waals surface area contributed by atoms with Crippen LogP contribution >= 0.6 is 0 Å². The second-order valence-electron chi connectivity index (χ2n) is 4.99. The molecule has 1 heterocycles. The van der Waals surface area contributed by atoms with Crippen LogP contribution in [0.4, 0.5) is 10.1 Å². The molecule has 0 saturated heterocycles. The number of pyridine rings is 1. The van der Waals surface area contributed by atoms with E-state index in [2.05, 4.69) is 23.3 Å². The van der Waals surface area contributed by atoms with Crippen LogP contribution in [0.25, 0.3) is 10.9 Å². The van der Waals surface area contributed by atoms with Crippen molar-refractivity contribution in [3.8, 4) is 0 Å². The Balaban J connectivity index is 2.29. The predicted octanol–water partition coefficient (Wildman–Crippen LogP) is 3.99. The van der Waals surface area contributed by atoms with E-state index < -0.39 is 0 Å². The van der Waals surface area contributed by atoms with Gasteiger partial charge in [-0.25, -0.2) is 9.37 Å². The number of nitrogens with one attached hydrogen (secondary N) is 1. The van der Waals surface area contributed by atoms with E-state index in [1.807, 2.05) is 13.0 Å². The summed E-state index contributed by atoms with van der Waals surface area (Å²) in [5, 5.41) is 4.25. The van der Waals surface area contributed by atoms with E-state index in [0.29, 0.717) is 11.4 Å². The van der Waals surface area contributed by atoms with Crippen LogP contribution in [0.15, 0.2) is 18.2 Å². The molecule has 3 rings (SSSR count). The largest absolute Gasteiger partial charge is 0.385 e. The highest BCUT2D eigenvalue weighted by Gasteiger charge is 2.26. The van der Waals surface area contributed by atoms with Crippen LogP contribution in [0.3, 0.4) is 0 Å². The Hall–Kier alpha value is -1.64. The highest BCUT2D eigenvalue weighted by molar-refractivity contribution is 5.94. The van der Waals surface area contributed by atoms with Crippen molar-refractivity contribution in [2.45, 2.75) is 32.6 Å². The quantitative estimate of drug-likeness (QED) is 0.883. The molecule has 1 N–H and O–H groups in total. The Morgan fingerprint density at radius 1 is 1.39 bits per heavy atom. The first-order valence-corrected chi connectivity index (χ1v) is 6.54. The standard InChI is InChI=1S/C15H17FN2/c1-3-17-13-8-12(10-5-6-10)18-15-11(16)7-4-9(2)14(13)15/h4,7-8,10H,3,5-6H2,1-2H3,(H,17,18). The molecule has 18 heavy (non-hydrogen) atoms. The van der Waals surface area contributed by atoms with Crippen molar-refractivity contribution in [1.82, 2.24) is 4.98 Å². The van der Waals surface area contributed by atoms with Crippen LogP contribution in [0.5, 0.6) is 0 Å². The SMILES string of the molecule is CCNc1cc(C2CC2)nc2c(F)ccc(C)c12. The molecule has 2 aromatic rings. The molecule has 1 fully saturated rings. The van der Waals surface area contributed by atoms with E-state index >= 15 is 0 Å². The van der Waals surface area contributed by atoms with Gasteiger partial charge in [-0.1, -0.05) is 6.07 Å². The fraction of sp³-hybridized carbons (Fsp3) is 0.400. The highest BCUT2D eigenvalue weighted by atomic mass is 19.1. The molecule has 0 aliphatic heterocycles. The fourth-order valence-electron chi connectivity index (χ4n) is 2.42. The van der Waals surface area contributed by atoms with Crippen molar-refractivity contribution in [3.63, 3.8) is 0 Å². The smallest absolute Gasteiger partial charge is 0.149 e. The van der Waals surface area contributed by atoms with Crippen molar-refractivity contribution >= 4 is 16.6 Å². The zero-order chi connectivity index (χ0) is 12.7. The molecule has 0 amide bonds. The van der Waals surface area contributed by atoms with Gasteiger partial charge in [0, 0.05) is 29.2 Å². The summed E-state index contributed by atoms with van der Waals surface area (Å²) in [5.74, 6) is 0.309. The first-order valence-electron chi connectivity index (χ1n) is 6.54. The second-order valence-corrected chi connectivity index (χ2v) is 4.99. The van der Waals surface area contributed by atoms with Crippen LogP contribution in [-0.2, 0) is 0 Å². The zero-order valence-corrected chi connectivity index (χ0v) is 10.8. The van der Waals surface area contributed by atoms with Gasteiger partial charge in [0.05, 0.1) is 0 Å². The summed E-state index contributed by atoms with van der Waals surface area (Å²) < 4.78 is 14.0. The Morgan fingerprint density at radius 3 is 2.83 bits per heavy atom. The lowest BCUT2D eigenvalue weighted by Crippen LogP contribution is -2.02. The van der Waals surface area contributed by atoms with Crippen molar-refractivity contribution in [1.29, 1.82) is 0 Å². The Morgan fingerprint density at radius 2 is 2.17 bits per heavy atom. The number of hydrogen-bond acceptors (Lipinski definition) is 2. The lowest BCUT2D eigenvalue weighted by atomic mass is 10.1. The second kappa shape index (κ2) is 4.23. The average molecular weight is 244 g/mol. The molecular formula is C15H17FN2. The van der Waals surface area contributed by atoms with E-state index in [1.165, 1.54) is 18.9 Å². The van der Waals surface area contributed by atoms with Gasteiger partial charge >= 0.3 is 0 Å². The third-order valence-electron chi connectivity index (χ3n) is 3.50. The summed E-state index contributed by atoms with van der Waals surface area (Å²) in [6, 6.07) is 5.42. The minimum Gasteiger partial charge on any atom is -0.385 e. The van der Waals surface area contributed by atoms with Crippen LogP contribution in [0.1, 0.15) is 36.9 Å². The summed E-state index contributed by atoms with van der Waals surface area (Å²) >= 11 is 0. The number of aromatic nitrogens is 1. The van der Waals surface area contributed by atoms with Crippen molar-refractivity contribution in [2.24, 2.45) is 0 Å². The van der Waals surface area contributed by atoms with Gasteiger partial charge in [-0.15, -0.1) is 0 Å². The molecule has 0 radical (unpaired) electrons. The molecule has 2 nitrogen and oxygen atoms in total. The molecule has 0 spiro atoms. The van der Waals surface area contributed by atoms with Crippen molar-refractivity contribution in [2.75, 3.05) is 11.9 Å². The van der Waals surface area contributed by atoms with E-state index in [9.17, 15) is 4.39 Å². The zero-order valence-electron chi connectivity index (χ0n) is 10.8. The molecule has 94 valence electrons. The molecule has 0 atom stereocenters.